The first-order valence-corrected chi connectivity index (χ1v) is 6.38. The summed E-state index contributed by atoms with van der Waals surface area (Å²) in [7, 11) is 1.32. The van der Waals surface area contributed by atoms with Crippen LogP contribution >= 0.6 is 0 Å². The van der Waals surface area contributed by atoms with Crippen molar-refractivity contribution in [3.8, 4) is 5.69 Å². The van der Waals surface area contributed by atoms with Gasteiger partial charge in [-0.05, 0) is 44.2 Å². The minimum absolute atomic E-state index is 0.368. The van der Waals surface area contributed by atoms with Crippen LogP contribution in [0.2, 0.25) is 0 Å². The summed E-state index contributed by atoms with van der Waals surface area (Å²) in [6.07, 6.45) is 0. The van der Waals surface area contributed by atoms with Gasteiger partial charge < -0.3 is 9.30 Å². The van der Waals surface area contributed by atoms with E-state index in [2.05, 4.69) is 5.43 Å². The van der Waals surface area contributed by atoms with Gasteiger partial charge in [0.1, 0.15) is 0 Å². The maximum absolute atomic E-state index is 11.9. The van der Waals surface area contributed by atoms with E-state index in [4.69, 9.17) is 10.6 Å². The molecule has 0 spiro atoms. The number of hydrazine groups is 1. The lowest BCUT2D eigenvalue weighted by molar-refractivity contribution is 0.0600. The Morgan fingerprint density at radius 1 is 1.14 bits per heavy atom. The number of nitrogens with one attached hydrogen (secondary N) is 1. The van der Waals surface area contributed by atoms with Crippen LogP contribution in [0.4, 0.5) is 0 Å². The molecular weight excluding hydrogens is 270 g/mol. The van der Waals surface area contributed by atoms with E-state index in [0.717, 1.165) is 11.4 Å². The SMILES string of the molecule is COC(=O)c1ccc(C(=O)NN)cc1-n1c(C)ccc1C. The number of esters is 1. The number of benzene rings is 1. The second kappa shape index (κ2) is 5.80. The van der Waals surface area contributed by atoms with Crippen molar-refractivity contribution in [2.24, 2.45) is 5.84 Å². The summed E-state index contributed by atoms with van der Waals surface area (Å²) in [5.41, 5.74) is 5.31. The molecule has 110 valence electrons. The predicted octanol–water partition coefficient (Wildman–Crippen LogP) is 1.48. The van der Waals surface area contributed by atoms with E-state index in [1.165, 1.54) is 13.2 Å². The summed E-state index contributed by atoms with van der Waals surface area (Å²) in [4.78, 5) is 23.6. The van der Waals surface area contributed by atoms with Gasteiger partial charge in [0.25, 0.3) is 5.91 Å². The highest BCUT2D eigenvalue weighted by Gasteiger charge is 2.18. The molecule has 0 saturated heterocycles. The number of ether oxygens (including phenoxy) is 1. The molecule has 1 heterocycles. The van der Waals surface area contributed by atoms with Crippen LogP contribution in [0.3, 0.4) is 0 Å². The molecule has 0 aliphatic carbocycles. The average Bonchev–Trinajstić information content (AvgIpc) is 2.84. The number of hydrogen-bond donors (Lipinski definition) is 2. The van der Waals surface area contributed by atoms with Gasteiger partial charge in [0.15, 0.2) is 0 Å². The van der Waals surface area contributed by atoms with E-state index in [1.807, 2.05) is 30.5 Å². The predicted molar refractivity (Wildman–Crippen MR) is 78.2 cm³/mol. The van der Waals surface area contributed by atoms with Crippen molar-refractivity contribution in [3.05, 3.63) is 52.8 Å². The zero-order valence-electron chi connectivity index (χ0n) is 12.1. The number of nitrogen functional groups attached to an aromatic ring is 1. The summed E-state index contributed by atoms with van der Waals surface area (Å²) >= 11 is 0. The second-order valence-corrected chi connectivity index (χ2v) is 4.65. The number of nitrogens with two attached hydrogens (primary N) is 1. The largest absolute Gasteiger partial charge is 0.465 e. The molecule has 0 aliphatic heterocycles. The van der Waals surface area contributed by atoms with Crippen LogP contribution in [0.25, 0.3) is 5.69 Å². The molecule has 1 amide bonds. The van der Waals surface area contributed by atoms with Crippen LogP contribution in [-0.2, 0) is 4.74 Å². The zero-order valence-corrected chi connectivity index (χ0v) is 12.1. The average molecular weight is 287 g/mol. The molecule has 0 bridgehead atoms. The molecular formula is C15H17N3O3. The number of amides is 1. The molecule has 0 atom stereocenters. The Kier molecular flexibility index (Phi) is 4.09. The fraction of sp³-hybridized carbons (Fsp3) is 0.200. The number of rotatable bonds is 3. The van der Waals surface area contributed by atoms with Gasteiger partial charge in [-0.2, -0.15) is 0 Å². The van der Waals surface area contributed by atoms with Crippen molar-refractivity contribution in [1.82, 2.24) is 9.99 Å². The molecule has 3 N–H and O–H groups in total. The van der Waals surface area contributed by atoms with Crippen LogP contribution in [0.1, 0.15) is 32.1 Å². The molecule has 6 nitrogen and oxygen atoms in total. The van der Waals surface area contributed by atoms with Crippen molar-refractivity contribution >= 4 is 11.9 Å². The van der Waals surface area contributed by atoms with Gasteiger partial charge in [-0.25, -0.2) is 10.6 Å². The van der Waals surface area contributed by atoms with E-state index < -0.39 is 11.9 Å². The molecule has 0 fully saturated rings. The lowest BCUT2D eigenvalue weighted by Gasteiger charge is -2.15. The van der Waals surface area contributed by atoms with Crippen LogP contribution in [0.5, 0.6) is 0 Å². The first kappa shape index (κ1) is 14.8. The number of aromatic nitrogens is 1. The van der Waals surface area contributed by atoms with Crippen molar-refractivity contribution in [1.29, 1.82) is 0 Å². The molecule has 0 radical (unpaired) electrons. The molecule has 2 aromatic rings. The molecule has 2 rings (SSSR count). The summed E-state index contributed by atoms with van der Waals surface area (Å²) in [6, 6.07) is 8.59. The Hall–Kier alpha value is -2.60. The van der Waals surface area contributed by atoms with E-state index in [9.17, 15) is 9.59 Å². The van der Waals surface area contributed by atoms with Gasteiger partial charge in [-0.15, -0.1) is 0 Å². The first-order valence-electron chi connectivity index (χ1n) is 6.38. The number of carbonyl (C=O) groups excluding carboxylic acids is 2. The Bertz CT molecular complexity index is 685. The van der Waals surface area contributed by atoms with Gasteiger partial charge in [0.05, 0.1) is 18.4 Å². The molecule has 0 aliphatic rings. The molecule has 21 heavy (non-hydrogen) atoms. The maximum atomic E-state index is 11.9. The Morgan fingerprint density at radius 3 is 2.29 bits per heavy atom. The molecule has 0 saturated carbocycles. The summed E-state index contributed by atoms with van der Waals surface area (Å²) < 4.78 is 6.69. The van der Waals surface area contributed by atoms with Crippen LogP contribution < -0.4 is 11.3 Å². The summed E-state index contributed by atoms with van der Waals surface area (Å²) in [6.45, 7) is 3.84. The highest BCUT2D eigenvalue weighted by molar-refractivity contribution is 5.98. The van der Waals surface area contributed by atoms with Gasteiger partial charge >= 0.3 is 5.97 Å². The fourth-order valence-corrected chi connectivity index (χ4v) is 2.27. The lowest BCUT2D eigenvalue weighted by atomic mass is 10.1. The summed E-state index contributed by atoms with van der Waals surface area (Å²) in [5.74, 6) is 4.28. The standard InChI is InChI=1S/C15H17N3O3/c1-9-4-5-10(2)18(9)13-8-11(14(19)17-16)6-7-12(13)15(20)21-3/h4-8H,16H2,1-3H3,(H,17,19). The van der Waals surface area contributed by atoms with Crippen molar-refractivity contribution in [2.75, 3.05) is 7.11 Å². The monoisotopic (exact) mass is 287 g/mol. The number of methoxy groups -OCH3 is 1. The first-order chi connectivity index (χ1) is 9.99. The molecule has 1 aromatic heterocycles. The second-order valence-electron chi connectivity index (χ2n) is 4.65. The highest BCUT2D eigenvalue weighted by Crippen LogP contribution is 2.22. The number of aryl methyl sites for hydroxylation is 2. The Morgan fingerprint density at radius 2 is 1.76 bits per heavy atom. The minimum atomic E-state index is -0.461. The molecule has 0 unspecified atom stereocenters. The lowest BCUT2D eigenvalue weighted by Crippen LogP contribution is -2.30. The Balaban J connectivity index is 2.70. The maximum Gasteiger partial charge on any atom is 0.339 e. The zero-order chi connectivity index (χ0) is 15.6. The normalized spacial score (nSPS) is 10.3. The quantitative estimate of drug-likeness (QED) is 0.387. The van der Waals surface area contributed by atoms with E-state index in [0.29, 0.717) is 16.8 Å². The minimum Gasteiger partial charge on any atom is -0.465 e. The van der Waals surface area contributed by atoms with E-state index >= 15 is 0 Å². The third kappa shape index (κ3) is 2.66. The number of carbonyl (C=O) groups is 2. The number of nitrogens with zero attached hydrogens (tertiary/aromatic N) is 1. The molecule has 1 aromatic carbocycles. The fourth-order valence-electron chi connectivity index (χ4n) is 2.27. The number of hydrogen-bond acceptors (Lipinski definition) is 4. The van der Waals surface area contributed by atoms with E-state index in [-0.39, 0.29) is 0 Å². The van der Waals surface area contributed by atoms with E-state index in [1.54, 1.807) is 12.1 Å². The van der Waals surface area contributed by atoms with Crippen molar-refractivity contribution < 1.29 is 14.3 Å². The Labute approximate surface area is 122 Å². The van der Waals surface area contributed by atoms with Gasteiger partial charge in [-0.3, -0.25) is 10.2 Å². The molecule has 6 heteroatoms. The van der Waals surface area contributed by atoms with Crippen molar-refractivity contribution in [3.63, 3.8) is 0 Å². The third-order valence-electron chi connectivity index (χ3n) is 3.31. The van der Waals surface area contributed by atoms with Crippen LogP contribution in [0.15, 0.2) is 30.3 Å². The van der Waals surface area contributed by atoms with Crippen LogP contribution in [0, 0.1) is 13.8 Å². The van der Waals surface area contributed by atoms with Gasteiger partial charge in [0.2, 0.25) is 0 Å². The smallest absolute Gasteiger partial charge is 0.339 e. The third-order valence-corrected chi connectivity index (χ3v) is 3.31. The van der Waals surface area contributed by atoms with Gasteiger partial charge in [-0.1, -0.05) is 0 Å². The van der Waals surface area contributed by atoms with Crippen molar-refractivity contribution in [2.45, 2.75) is 13.8 Å². The highest BCUT2D eigenvalue weighted by atomic mass is 16.5. The van der Waals surface area contributed by atoms with Gasteiger partial charge in [0, 0.05) is 17.0 Å². The summed E-state index contributed by atoms with van der Waals surface area (Å²) in [5, 5.41) is 0. The topological polar surface area (TPSA) is 86.3 Å². The van der Waals surface area contributed by atoms with Crippen LogP contribution in [-0.4, -0.2) is 23.6 Å².